The van der Waals surface area contributed by atoms with Crippen LogP contribution in [0.25, 0.3) is 0 Å². The Hall–Kier alpha value is -0.860. The second-order valence-corrected chi connectivity index (χ2v) is 6.20. The summed E-state index contributed by atoms with van der Waals surface area (Å²) in [6.45, 7) is 5.52. The molecule has 1 saturated heterocycles. The molecule has 4 atom stereocenters. The summed E-state index contributed by atoms with van der Waals surface area (Å²) in [5, 5.41) is 0. The molecule has 0 spiro atoms. The molecule has 2 N–H and O–H groups in total. The number of rotatable bonds is 7. The van der Waals surface area contributed by atoms with Gasteiger partial charge >= 0.3 is 0 Å². The van der Waals surface area contributed by atoms with E-state index in [4.69, 9.17) is 10.5 Å². The quantitative estimate of drug-likeness (QED) is 0.813. The van der Waals surface area contributed by atoms with E-state index in [9.17, 15) is 0 Å². The van der Waals surface area contributed by atoms with Crippen molar-refractivity contribution in [2.75, 3.05) is 6.61 Å². The Kier molecular flexibility index (Phi) is 6.06. The zero-order valence-corrected chi connectivity index (χ0v) is 12.9. The van der Waals surface area contributed by atoms with Gasteiger partial charge in [-0.25, -0.2) is 0 Å². The summed E-state index contributed by atoms with van der Waals surface area (Å²) in [7, 11) is 0. The summed E-state index contributed by atoms with van der Waals surface area (Å²) in [5.41, 5.74) is 7.94. The Morgan fingerprint density at radius 3 is 2.65 bits per heavy atom. The molecule has 112 valence electrons. The highest BCUT2D eigenvalue weighted by atomic mass is 16.5. The maximum absolute atomic E-state index is 6.55. The van der Waals surface area contributed by atoms with E-state index in [0.717, 1.165) is 19.4 Å². The Labute approximate surface area is 123 Å². The number of nitrogens with two attached hydrogens (primary N) is 1. The molecule has 1 aromatic carbocycles. The molecule has 4 unspecified atom stereocenters. The first kappa shape index (κ1) is 15.5. The van der Waals surface area contributed by atoms with E-state index in [1.165, 1.54) is 24.8 Å². The van der Waals surface area contributed by atoms with Crippen LogP contribution in [0.4, 0.5) is 0 Å². The Morgan fingerprint density at radius 2 is 2.05 bits per heavy atom. The van der Waals surface area contributed by atoms with Gasteiger partial charge in [-0.05, 0) is 37.2 Å². The van der Waals surface area contributed by atoms with Crippen molar-refractivity contribution in [1.29, 1.82) is 0 Å². The molecule has 2 heteroatoms. The zero-order valence-electron chi connectivity index (χ0n) is 12.9. The molecule has 2 rings (SSSR count). The lowest BCUT2D eigenvalue weighted by atomic mass is 9.79. The minimum atomic E-state index is 0.233. The van der Waals surface area contributed by atoms with Crippen LogP contribution in [-0.4, -0.2) is 18.8 Å². The largest absolute Gasteiger partial charge is 0.378 e. The Morgan fingerprint density at radius 1 is 1.30 bits per heavy atom. The van der Waals surface area contributed by atoms with Crippen LogP contribution in [0.1, 0.15) is 57.4 Å². The topological polar surface area (TPSA) is 35.2 Å². The van der Waals surface area contributed by atoms with Crippen LogP contribution in [0, 0.1) is 5.92 Å². The molecule has 2 nitrogen and oxygen atoms in total. The van der Waals surface area contributed by atoms with Crippen LogP contribution >= 0.6 is 0 Å². The second-order valence-electron chi connectivity index (χ2n) is 6.20. The third kappa shape index (κ3) is 4.07. The number of benzene rings is 1. The smallest absolute Gasteiger partial charge is 0.0576 e. The van der Waals surface area contributed by atoms with Crippen molar-refractivity contribution in [3.63, 3.8) is 0 Å². The normalized spacial score (nSPS) is 23.4. The molecular weight excluding hydrogens is 246 g/mol. The molecule has 1 heterocycles. The summed E-state index contributed by atoms with van der Waals surface area (Å²) in [4.78, 5) is 0. The van der Waals surface area contributed by atoms with Gasteiger partial charge in [-0.1, -0.05) is 50.6 Å². The standard InChI is InChI=1S/C18H29NO/c1-3-14(2)18(15-8-5-4-6-9-15)17(19)12-11-16-10-7-13-20-16/h4-6,8-9,14,16-18H,3,7,10-13,19H2,1-2H3. The van der Waals surface area contributed by atoms with Gasteiger partial charge in [-0.3, -0.25) is 0 Å². The van der Waals surface area contributed by atoms with E-state index in [-0.39, 0.29) is 6.04 Å². The number of hydrogen-bond acceptors (Lipinski definition) is 2. The molecular formula is C18H29NO. The van der Waals surface area contributed by atoms with Gasteiger partial charge in [0.25, 0.3) is 0 Å². The first-order valence-electron chi connectivity index (χ1n) is 8.14. The van der Waals surface area contributed by atoms with Gasteiger partial charge in [0.05, 0.1) is 6.10 Å². The minimum Gasteiger partial charge on any atom is -0.378 e. The predicted molar refractivity (Wildman–Crippen MR) is 84.8 cm³/mol. The zero-order chi connectivity index (χ0) is 14.4. The maximum atomic E-state index is 6.55. The van der Waals surface area contributed by atoms with Gasteiger partial charge in [-0.15, -0.1) is 0 Å². The van der Waals surface area contributed by atoms with Crippen LogP contribution in [-0.2, 0) is 4.74 Å². The molecule has 1 aromatic rings. The van der Waals surface area contributed by atoms with E-state index in [2.05, 4.69) is 44.2 Å². The summed E-state index contributed by atoms with van der Waals surface area (Å²) in [5.74, 6) is 1.08. The van der Waals surface area contributed by atoms with Crippen molar-refractivity contribution in [3.8, 4) is 0 Å². The molecule has 0 amide bonds. The van der Waals surface area contributed by atoms with E-state index < -0.39 is 0 Å². The lowest BCUT2D eigenvalue weighted by molar-refractivity contribution is 0.0991. The first-order valence-corrected chi connectivity index (χ1v) is 8.14. The molecule has 20 heavy (non-hydrogen) atoms. The van der Waals surface area contributed by atoms with Crippen LogP contribution in [0.15, 0.2) is 30.3 Å². The molecule has 0 aromatic heterocycles. The van der Waals surface area contributed by atoms with Crippen molar-refractivity contribution < 1.29 is 4.74 Å². The SMILES string of the molecule is CCC(C)C(c1ccccc1)C(N)CCC1CCCO1. The van der Waals surface area contributed by atoms with E-state index >= 15 is 0 Å². The summed E-state index contributed by atoms with van der Waals surface area (Å²) >= 11 is 0. The van der Waals surface area contributed by atoms with Crippen molar-refractivity contribution in [1.82, 2.24) is 0 Å². The Bertz CT molecular complexity index is 372. The highest BCUT2D eigenvalue weighted by Gasteiger charge is 2.26. The van der Waals surface area contributed by atoms with Gasteiger partial charge in [0.1, 0.15) is 0 Å². The maximum Gasteiger partial charge on any atom is 0.0576 e. The highest BCUT2D eigenvalue weighted by molar-refractivity contribution is 5.22. The van der Waals surface area contributed by atoms with Crippen molar-refractivity contribution in [2.24, 2.45) is 11.7 Å². The number of ether oxygens (including phenoxy) is 1. The fraction of sp³-hybridized carbons (Fsp3) is 0.667. The summed E-state index contributed by atoms with van der Waals surface area (Å²) < 4.78 is 5.72. The average molecular weight is 275 g/mol. The molecule has 1 fully saturated rings. The minimum absolute atomic E-state index is 0.233. The second kappa shape index (κ2) is 7.80. The summed E-state index contributed by atoms with van der Waals surface area (Å²) in [6.07, 6.45) is 6.23. The molecule has 0 radical (unpaired) electrons. The lowest BCUT2D eigenvalue weighted by Crippen LogP contribution is -2.33. The van der Waals surface area contributed by atoms with E-state index in [1.807, 2.05) is 0 Å². The van der Waals surface area contributed by atoms with Gasteiger partial charge in [0.15, 0.2) is 0 Å². The average Bonchev–Trinajstić information content (AvgIpc) is 2.99. The van der Waals surface area contributed by atoms with Crippen molar-refractivity contribution >= 4 is 0 Å². The molecule has 0 saturated carbocycles. The van der Waals surface area contributed by atoms with Crippen LogP contribution in [0.3, 0.4) is 0 Å². The van der Waals surface area contributed by atoms with Crippen LogP contribution in [0.2, 0.25) is 0 Å². The van der Waals surface area contributed by atoms with E-state index in [1.54, 1.807) is 0 Å². The first-order chi connectivity index (χ1) is 9.72. The fourth-order valence-corrected chi connectivity index (χ4v) is 3.36. The molecule has 1 aliphatic rings. The predicted octanol–water partition coefficient (Wildman–Crippen LogP) is 4.10. The molecule has 0 bridgehead atoms. The van der Waals surface area contributed by atoms with Crippen molar-refractivity contribution in [2.45, 2.75) is 64.0 Å². The van der Waals surface area contributed by atoms with Gasteiger partial charge < -0.3 is 10.5 Å². The molecule has 1 aliphatic heterocycles. The highest BCUT2D eigenvalue weighted by Crippen LogP contribution is 2.32. The lowest BCUT2D eigenvalue weighted by Gasteiger charge is -2.30. The van der Waals surface area contributed by atoms with Crippen LogP contribution in [0.5, 0.6) is 0 Å². The fourth-order valence-electron chi connectivity index (χ4n) is 3.36. The van der Waals surface area contributed by atoms with Crippen molar-refractivity contribution in [3.05, 3.63) is 35.9 Å². The van der Waals surface area contributed by atoms with Gasteiger partial charge in [-0.2, -0.15) is 0 Å². The molecule has 0 aliphatic carbocycles. The van der Waals surface area contributed by atoms with Gasteiger partial charge in [0.2, 0.25) is 0 Å². The van der Waals surface area contributed by atoms with Crippen LogP contribution < -0.4 is 5.73 Å². The van der Waals surface area contributed by atoms with E-state index in [0.29, 0.717) is 17.9 Å². The monoisotopic (exact) mass is 275 g/mol. The third-order valence-electron chi connectivity index (χ3n) is 4.75. The van der Waals surface area contributed by atoms with Gasteiger partial charge in [0, 0.05) is 18.6 Å². The number of hydrogen-bond donors (Lipinski definition) is 1. The third-order valence-corrected chi connectivity index (χ3v) is 4.75. The summed E-state index contributed by atoms with van der Waals surface area (Å²) in [6, 6.07) is 11.0. The Balaban J connectivity index is 1.98.